The Labute approximate surface area is 109 Å². The molecule has 0 aromatic carbocycles. The quantitative estimate of drug-likeness (QED) is 0.751. The zero-order valence-electron chi connectivity index (χ0n) is 11.7. The molecule has 0 bridgehead atoms. The highest BCUT2D eigenvalue weighted by atomic mass is 16.5. The Bertz CT molecular complexity index is 333. The van der Waals surface area contributed by atoms with E-state index in [1.165, 1.54) is 0 Å². The van der Waals surface area contributed by atoms with Crippen LogP contribution in [-0.4, -0.2) is 36.1 Å². The van der Waals surface area contributed by atoms with E-state index in [1.807, 2.05) is 12.1 Å². The molecule has 0 radical (unpaired) electrons. The molecule has 1 rings (SSSR count). The minimum atomic E-state index is 0.0804. The second-order valence-electron chi connectivity index (χ2n) is 5.16. The first kappa shape index (κ1) is 14.9. The SMILES string of the molecule is COCCCOc1ccc(CNC(C)(C)C)nn1. The molecule has 1 heterocycles. The van der Waals surface area contributed by atoms with Gasteiger partial charge >= 0.3 is 0 Å². The smallest absolute Gasteiger partial charge is 0.233 e. The molecule has 0 saturated carbocycles. The van der Waals surface area contributed by atoms with Crippen LogP contribution in [0.2, 0.25) is 0 Å². The Balaban J connectivity index is 2.33. The molecule has 5 heteroatoms. The van der Waals surface area contributed by atoms with Crippen molar-refractivity contribution in [2.75, 3.05) is 20.3 Å². The van der Waals surface area contributed by atoms with E-state index in [1.54, 1.807) is 7.11 Å². The van der Waals surface area contributed by atoms with Gasteiger partial charge in [0.1, 0.15) is 0 Å². The summed E-state index contributed by atoms with van der Waals surface area (Å²) in [5.41, 5.74) is 0.992. The summed E-state index contributed by atoms with van der Waals surface area (Å²) in [6.45, 7) is 8.36. The molecular weight excluding hydrogens is 230 g/mol. The minimum Gasteiger partial charge on any atom is -0.477 e. The highest BCUT2D eigenvalue weighted by Crippen LogP contribution is 2.06. The molecular formula is C13H23N3O2. The molecule has 0 atom stereocenters. The molecule has 0 spiro atoms. The lowest BCUT2D eigenvalue weighted by Crippen LogP contribution is -2.35. The van der Waals surface area contributed by atoms with E-state index < -0.39 is 0 Å². The zero-order valence-corrected chi connectivity index (χ0v) is 11.7. The fourth-order valence-corrected chi connectivity index (χ4v) is 1.25. The van der Waals surface area contributed by atoms with Crippen molar-refractivity contribution in [3.05, 3.63) is 17.8 Å². The largest absolute Gasteiger partial charge is 0.477 e. The molecule has 0 amide bonds. The number of methoxy groups -OCH3 is 1. The standard InChI is InChI=1S/C13H23N3O2/c1-13(2,3)14-10-11-6-7-12(16-15-11)18-9-5-8-17-4/h6-7,14H,5,8-10H2,1-4H3. The fraction of sp³-hybridized carbons (Fsp3) is 0.692. The van der Waals surface area contributed by atoms with Gasteiger partial charge in [0.2, 0.25) is 5.88 Å². The summed E-state index contributed by atoms with van der Waals surface area (Å²) in [4.78, 5) is 0. The third-order valence-corrected chi connectivity index (χ3v) is 2.24. The fourth-order valence-electron chi connectivity index (χ4n) is 1.25. The summed E-state index contributed by atoms with van der Waals surface area (Å²) < 4.78 is 10.4. The molecule has 0 saturated heterocycles. The van der Waals surface area contributed by atoms with Gasteiger partial charge in [-0.3, -0.25) is 0 Å². The molecule has 0 aliphatic rings. The van der Waals surface area contributed by atoms with Gasteiger partial charge in [0, 0.05) is 38.3 Å². The van der Waals surface area contributed by atoms with Crippen molar-refractivity contribution in [1.82, 2.24) is 15.5 Å². The van der Waals surface area contributed by atoms with Crippen molar-refractivity contribution in [3.63, 3.8) is 0 Å². The van der Waals surface area contributed by atoms with Gasteiger partial charge < -0.3 is 14.8 Å². The third kappa shape index (κ3) is 6.51. The maximum atomic E-state index is 5.43. The predicted molar refractivity (Wildman–Crippen MR) is 70.6 cm³/mol. The van der Waals surface area contributed by atoms with E-state index in [2.05, 4.69) is 36.3 Å². The van der Waals surface area contributed by atoms with Crippen LogP contribution < -0.4 is 10.1 Å². The summed E-state index contributed by atoms with van der Waals surface area (Å²) in [6, 6.07) is 3.77. The number of nitrogens with one attached hydrogen (secondary N) is 1. The topological polar surface area (TPSA) is 56.3 Å². The second kappa shape index (κ2) is 7.28. The van der Waals surface area contributed by atoms with Gasteiger partial charge in [-0.25, -0.2) is 0 Å². The van der Waals surface area contributed by atoms with Gasteiger partial charge in [-0.2, -0.15) is 5.10 Å². The van der Waals surface area contributed by atoms with Crippen LogP contribution >= 0.6 is 0 Å². The number of aromatic nitrogens is 2. The highest BCUT2D eigenvalue weighted by molar-refractivity contribution is 5.11. The lowest BCUT2D eigenvalue weighted by Gasteiger charge is -2.19. The first-order valence-corrected chi connectivity index (χ1v) is 6.20. The van der Waals surface area contributed by atoms with Crippen LogP contribution in [-0.2, 0) is 11.3 Å². The summed E-state index contributed by atoms with van der Waals surface area (Å²) in [5, 5.41) is 11.5. The van der Waals surface area contributed by atoms with Gasteiger partial charge in [-0.1, -0.05) is 0 Å². The van der Waals surface area contributed by atoms with Gasteiger partial charge in [-0.05, 0) is 26.8 Å². The lowest BCUT2D eigenvalue weighted by atomic mass is 10.1. The molecule has 1 aromatic rings. The molecule has 0 aliphatic heterocycles. The van der Waals surface area contributed by atoms with Crippen molar-refractivity contribution >= 4 is 0 Å². The second-order valence-corrected chi connectivity index (χ2v) is 5.16. The van der Waals surface area contributed by atoms with Crippen molar-refractivity contribution in [2.24, 2.45) is 0 Å². The summed E-state index contributed by atoms with van der Waals surface area (Å²) in [5.74, 6) is 0.561. The Morgan fingerprint density at radius 2 is 1.94 bits per heavy atom. The zero-order chi connectivity index (χ0) is 13.4. The number of hydrogen-bond donors (Lipinski definition) is 1. The van der Waals surface area contributed by atoms with Crippen LogP contribution in [0.5, 0.6) is 5.88 Å². The number of ether oxygens (including phenoxy) is 2. The molecule has 5 nitrogen and oxygen atoms in total. The first-order chi connectivity index (χ1) is 8.51. The molecule has 18 heavy (non-hydrogen) atoms. The van der Waals surface area contributed by atoms with E-state index in [0.29, 0.717) is 25.6 Å². The number of hydrogen-bond acceptors (Lipinski definition) is 5. The monoisotopic (exact) mass is 253 g/mol. The summed E-state index contributed by atoms with van der Waals surface area (Å²) in [6.07, 6.45) is 0.853. The van der Waals surface area contributed by atoms with E-state index in [0.717, 1.165) is 12.1 Å². The van der Waals surface area contributed by atoms with Crippen molar-refractivity contribution in [3.8, 4) is 5.88 Å². The number of nitrogens with zero attached hydrogens (tertiary/aromatic N) is 2. The Morgan fingerprint density at radius 3 is 2.50 bits per heavy atom. The Morgan fingerprint density at radius 1 is 1.17 bits per heavy atom. The average Bonchev–Trinajstić information content (AvgIpc) is 2.33. The maximum Gasteiger partial charge on any atom is 0.233 e. The molecule has 0 fully saturated rings. The maximum absolute atomic E-state index is 5.43. The molecule has 0 unspecified atom stereocenters. The van der Waals surface area contributed by atoms with Gasteiger partial charge in [-0.15, -0.1) is 5.10 Å². The predicted octanol–water partition coefficient (Wildman–Crippen LogP) is 1.78. The van der Waals surface area contributed by atoms with E-state index in [9.17, 15) is 0 Å². The molecule has 1 aromatic heterocycles. The van der Waals surface area contributed by atoms with Crippen LogP contribution in [0, 0.1) is 0 Å². The van der Waals surface area contributed by atoms with Crippen LogP contribution in [0.4, 0.5) is 0 Å². The highest BCUT2D eigenvalue weighted by Gasteiger charge is 2.09. The first-order valence-electron chi connectivity index (χ1n) is 6.20. The van der Waals surface area contributed by atoms with Crippen LogP contribution in [0.15, 0.2) is 12.1 Å². The van der Waals surface area contributed by atoms with E-state index in [-0.39, 0.29) is 5.54 Å². The number of rotatable bonds is 7. The van der Waals surface area contributed by atoms with Crippen molar-refractivity contribution in [2.45, 2.75) is 39.3 Å². The Hall–Kier alpha value is -1.20. The lowest BCUT2D eigenvalue weighted by molar-refractivity contribution is 0.170. The molecule has 0 aliphatic carbocycles. The van der Waals surface area contributed by atoms with E-state index in [4.69, 9.17) is 9.47 Å². The Kier molecular flexibility index (Phi) is 6.01. The van der Waals surface area contributed by atoms with Crippen LogP contribution in [0.1, 0.15) is 32.9 Å². The van der Waals surface area contributed by atoms with Crippen LogP contribution in [0.3, 0.4) is 0 Å². The van der Waals surface area contributed by atoms with Gasteiger partial charge in [0.05, 0.1) is 12.3 Å². The normalized spacial score (nSPS) is 11.6. The van der Waals surface area contributed by atoms with E-state index >= 15 is 0 Å². The summed E-state index contributed by atoms with van der Waals surface area (Å²) in [7, 11) is 1.68. The average molecular weight is 253 g/mol. The van der Waals surface area contributed by atoms with Crippen LogP contribution in [0.25, 0.3) is 0 Å². The molecule has 102 valence electrons. The van der Waals surface area contributed by atoms with Gasteiger partial charge in [0.25, 0.3) is 0 Å². The van der Waals surface area contributed by atoms with Gasteiger partial charge in [0.15, 0.2) is 0 Å². The third-order valence-electron chi connectivity index (χ3n) is 2.24. The minimum absolute atomic E-state index is 0.0804. The molecule has 1 N–H and O–H groups in total. The van der Waals surface area contributed by atoms with Crippen molar-refractivity contribution < 1.29 is 9.47 Å². The van der Waals surface area contributed by atoms with Crippen molar-refractivity contribution in [1.29, 1.82) is 0 Å². The summed E-state index contributed by atoms with van der Waals surface area (Å²) >= 11 is 0.